The number of carbonyl (C=O) groups is 2. The Bertz CT molecular complexity index is 233. The Kier molecular flexibility index (Phi) is 7.07. The van der Waals surface area contributed by atoms with Crippen LogP contribution < -0.4 is 0 Å². The smallest absolute Gasteiger partial charge is 0.296 e. The van der Waals surface area contributed by atoms with Crippen molar-refractivity contribution in [1.82, 2.24) is 0 Å². The van der Waals surface area contributed by atoms with Crippen molar-refractivity contribution in [3.05, 3.63) is 0 Å². The monoisotopic (exact) mass is 350 g/mol. The number of alkyl halides is 2. The van der Waals surface area contributed by atoms with Crippen LogP contribution in [0.15, 0.2) is 0 Å². The van der Waals surface area contributed by atoms with Gasteiger partial charge in [0.2, 0.25) is 0 Å². The molecule has 0 aliphatic rings. The van der Waals surface area contributed by atoms with Gasteiger partial charge in [0.25, 0.3) is 0 Å². The maximum atomic E-state index is 11.0. The Labute approximate surface area is 98.7 Å². The van der Waals surface area contributed by atoms with E-state index in [9.17, 15) is 14.2 Å². The number of carbonyl (C=O) groups excluding carboxylic acids is 2. The van der Waals surface area contributed by atoms with E-state index in [2.05, 4.69) is 40.9 Å². The zero-order chi connectivity index (χ0) is 11.3. The Morgan fingerprint density at radius 3 is 1.57 bits per heavy atom. The molecule has 0 aromatic rings. The summed E-state index contributed by atoms with van der Waals surface area (Å²) < 4.78 is 20.3. The van der Waals surface area contributed by atoms with E-state index in [0.29, 0.717) is 0 Å². The summed E-state index contributed by atoms with van der Waals surface area (Å²) >= 11 is 5.69. The van der Waals surface area contributed by atoms with Gasteiger partial charge in [-0.25, -0.2) is 0 Å². The first-order valence-corrected chi connectivity index (χ1v) is 6.56. The van der Waals surface area contributed by atoms with Gasteiger partial charge in [0.1, 0.15) is 0 Å². The Balaban J connectivity index is 3.99. The number of hydrogen-bond donors (Lipinski definition) is 0. The van der Waals surface area contributed by atoms with Gasteiger partial charge in [-0.1, -0.05) is 0 Å². The lowest BCUT2D eigenvalue weighted by molar-refractivity contribution is -0.120. The maximum absolute atomic E-state index is 11.0. The number of hydrogen-bond acceptors (Lipinski definition) is 5. The molecule has 0 spiro atoms. The summed E-state index contributed by atoms with van der Waals surface area (Å²) in [6.07, 6.45) is 0. The van der Waals surface area contributed by atoms with Gasteiger partial charge in [-0.3, -0.25) is 23.2 Å². The predicted molar refractivity (Wildman–Crippen MR) is 58.0 cm³/mol. The second-order valence-corrected chi connectivity index (χ2v) is 4.97. The van der Waals surface area contributed by atoms with Gasteiger partial charge in [0.15, 0.2) is 21.6 Å². The number of halogens is 2. The van der Waals surface area contributed by atoms with Crippen LogP contribution in [0.25, 0.3) is 0 Å². The van der Waals surface area contributed by atoms with Crippen molar-refractivity contribution in [3.63, 3.8) is 0 Å². The van der Waals surface area contributed by atoms with Crippen molar-refractivity contribution >= 4 is 51.7 Å². The summed E-state index contributed by atoms with van der Waals surface area (Å²) in [6, 6.07) is 0. The first-order chi connectivity index (χ1) is 6.34. The molecule has 0 aromatic carbocycles. The molecule has 0 heterocycles. The van der Waals surface area contributed by atoms with Gasteiger partial charge in [0, 0.05) is 0 Å². The molecule has 82 valence electrons. The highest BCUT2D eigenvalue weighted by Crippen LogP contribution is 2.31. The molecule has 0 aliphatic heterocycles. The third-order valence-electron chi connectivity index (χ3n) is 1.04. The molecule has 0 bridgehead atoms. The van der Waals surface area contributed by atoms with Crippen LogP contribution in [0, 0.1) is 0 Å². The molecule has 0 fully saturated rings. The van der Waals surface area contributed by atoms with Crippen LogP contribution in [0.3, 0.4) is 0 Å². The Morgan fingerprint density at radius 2 is 1.36 bits per heavy atom. The number of rotatable bonds is 6. The van der Waals surface area contributed by atoms with Crippen molar-refractivity contribution in [2.24, 2.45) is 0 Å². The molecule has 0 saturated heterocycles. The van der Waals surface area contributed by atoms with Gasteiger partial charge >= 0.3 is 8.25 Å². The van der Waals surface area contributed by atoms with Crippen molar-refractivity contribution in [2.45, 2.75) is 23.9 Å². The van der Waals surface area contributed by atoms with Crippen molar-refractivity contribution < 1.29 is 23.2 Å². The largest absolute Gasteiger partial charge is 0.322 e. The highest BCUT2D eigenvalue weighted by molar-refractivity contribution is 9.10. The summed E-state index contributed by atoms with van der Waals surface area (Å²) in [5, 5.41) is -1.94. The second-order valence-electron chi connectivity index (χ2n) is 2.34. The summed E-state index contributed by atoms with van der Waals surface area (Å²) in [6.45, 7) is 2.54. The molecule has 8 heteroatoms. The Morgan fingerprint density at radius 1 is 1.07 bits per heavy atom. The van der Waals surface area contributed by atoms with Gasteiger partial charge in [0.05, 0.1) is 0 Å². The lowest BCUT2D eigenvalue weighted by atomic mass is 10.5. The zero-order valence-corrected chi connectivity index (χ0v) is 11.6. The average molecular weight is 352 g/mol. The third-order valence-corrected chi connectivity index (χ3v) is 4.25. The van der Waals surface area contributed by atoms with Crippen LogP contribution in [0.2, 0.25) is 0 Å². The summed E-state index contributed by atoms with van der Waals surface area (Å²) in [4.78, 5) is 21.3. The summed E-state index contributed by atoms with van der Waals surface area (Å²) in [7, 11) is -2.86. The van der Waals surface area contributed by atoms with E-state index in [1.54, 1.807) is 0 Å². The maximum Gasteiger partial charge on any atom is 0.322 e. The summed E-state index contributed by atoms with van der Waals surface area (Å²) in [5.41, 5.74) is 0. The fourth-order valence-electron chi connectivity index (χ4n) is 0.363. The number of Topliss-reactive ketones (excluding diaryl/α,β-unsaturated/α-hetero) is 2. The fraction of sp³-hybridized carbons (Fsp3) is 0.667. The molecule has 0 N–H and O–H groups in total. The van der Waals surface area contributed by atoms with Crippen LogP contribution in [0.4, 0.5) is 0 Å². The van der Waals surface area contributed by atoms with Crippen LogP contribution >= 0.6 is 40.1 Å². The van der Waals surface area contributed by atoms with E-state index in [-0.39, 0.29) is 11.6 Å². The molecule has 14 heavy (non-hydrogen) atoms. The molecular formula is C6H9Br2O5P. The molecule has 0 amide bonds. The molecular weight excluding hydrogens is 343 g/mol. The van der Waals surface area contributed by atoms with Crippen LogP contribution in [0.5, 0.6) is 0 Å². The van der Waals surface area contributed by atoms with Crippen LogP contribution in [-0.4, -0.2) is 21.6 Å². The van der Waals surface area contributed by atoms with E-state index in [1.807, 2.05) is 0 Å². The van der Waals surface area contributed by atoms with Gasteiger partial charge < -0.3 is 0 Å². The highest BCUT2D eigenvalue weighted by Gasteiger charge is 2.18. The molecule has 5 nitrogen and oxygen atoms in total. The van der Waals surface area contributed by atoms with E-state index in [0.717, 1.165) is 0 Å². The van der Waals surface area contributed by atoms with E-state index in [1.165, 1.54) is 13.8 Å². The second kappa shape index (κ2) is 6.85. The minimum Gasteiger partial charge on any atom is -0.296 e. The molecule has 2 unspecified atom stereocenters. The minimum atomic E-state index is -2.86. The van der Waals surface area contributed by atoms with Crippen molar-refractivity contribution in [1.29, 1.82) is 0 Å². The van der Waals surface area contributed by atoms with Gasteiger partial charge in [-0.15, -0.1) is 0 Å². The Hall–Kier alpha value is 0.450. The SMILES string of the molecule is CC(=O)C(Br)O[PH](=O)OC(Br)C(C)=O. The van der Waals surface area contributed by atoms with Gasteiger partial charge in [-0.05, 0) is 45.7 Å². The topological polar surface area (TPSA) is 69.7 Å². The predicted octanol–water partition coefficient (Wildman–Crippen LogP) is 2.03. The van der Waals surface area contributed by atoms with Crippen LogP contribution in [-0.2, 0) is 23.2 Å². The van der Waals surface area contributed by atoms with Gasteiger partial charge in [-0.2, -0.15) is 0 Å². The van der Waals surface area contributed by atoms with E-state index in [4.69, 9.17) is 0 Å². The quantitative estimate of drug-likeness (QED) is 0.541. The van der Waals surface area contributed by atoms with Crippen LogP contribution in [0.1, 0.15) is 13.8 Å². The van der Waals surface area contributed by atoms with E-state index >= 15 is 0 Å². The lowest BCUT2D eigenvalue weighted by Gasteiger charge is -2.10. The first kappa shape index (κ1) is 14.5. The zero-order valence-electron chi connectivity index (χ0n) is 7.45. The molecule has 0 aromatic heterocycles. The average Bonchev–Trinajstić information content (AvgIpc) is 2.03. The van der Waals surface area contributed by atoms with Crippen molar-refractivity contribution in [2.75, 3.05) is 0 Å². The molecule has 0 radical (unpaired) electrons. The molecule has 2 atom stereocenters. The molecule has 0 saturated carbocycles. The van der Waals surface area contributed by atoms with E-state index < -0.39 is 18.3 Å². The third kappa shape index (κ3) is 6.03. The molecule has 0 rings (SSSR count). The lowest BCUT2D eigenvalue weighted by Crippen LogP contribution is -2.14. The summed E-state index contributed by atoms with van der Waals surface area (Å²) in [5.74, 6) is -0.665. The fourth-order valence-corrected chi connectivity index (χ4v) is 2.00. The minimum absolute atomic E-state index is 0.333. The normalized spacial score (nSPS) is 17.1. The first-order valence-electron chi connectivity index (χ1n) is 3.51. The van der Waals surface area contributed by atoms with Crippen molar-refractivity contribution in [3.8, 4) is 0 Å². The standard InChI is InChI=1S/C6H9Br2O5P/c1-3(9)5(7)12-14(11)13-6(8)4(2)10/h5-6,14H,1-2H3. The molecule has 0 aliphatic carbocycles. The highest BCUT2D eigenvalue weighted by atomic mass is 79.9. The number of ketones is 2.